The SMILES string of the molecule is C[C@H](c1ccc(Cl)c(F)c1)S(N)(=O)=O. The van der Waals surface area contributed by atoms with Crippen molar-refractivity contribution in [1.82, 2.24) is 0 Å². The number of nitrogens with two attached hydrogens (primary N) is 1. The Labute approximate surface area is 86.7 Å². The molecule has 0 bridgehead atoms. The molecular formula is C8H9ClFNO2S. The molecule has 1 atom stereocenters. The lowest BCUT2D eigenvalue weighted by Gasteiger charge is -2.09. The van der Waals surface area contributed by atoms with E-state index in [1.807, 2.05) is 0 Å². The Morgan fingerprint density at radius 3 is 2.50 bits per heavy atom. The third-order valence-corrected chi connectivity index (χ3v) is 3.47. The third kappa shape index (κ3) is 2.43. The van der Waals surface area contributed by atoms with Gasteiger partial charge in [0.05, 0.1) is 10.3 Å². The van der Waals surface area contributed by atoms with Crippen LogP contribution in [0.4, 0.5) is 4.39 Å². The maximum atomic E-state index is 13.0. The van der Waals surface area contributed by atoms with E-state index in [-0.39, 0.29) is 10.6 Å². The summed E-state index contributed by atoms with van der Waals surface area (Å²) in [6.45, 7) is 1.39. The molecule has 1 aromatic carbocycles. The van der Waals surface area contributed by atoms with Gasteiger partial charge in [-0.2, -0.15) is 0 Å². The number of benzene rings is 1. The molecular weight excluding hydrogens is 229 g/mol. The lowest BCUT2D eigenvalue weighted by molar-refractivity contribution is 0.586. The normalized spacial score (nSPS) is 14.0. The molecule has 2 N–H and O–H groups in total. The fourth-order valence-corrected chi connectivity index (χ4v) is 1.60. The minimum absolute atomic E-state index is 0.0460. The second-order valence-electron chi connectivity index (χ2n) is 2.90. The molecule has 1 aromatic rings. The molecule has 0 aliphatic heterocycles. The van der Waals surface area contributed by atoms with Gasteiger partial charge in [0.15, 0.2) is 0 Å². The highest BCUT2D eigenvalue weighted by molar-refractivity contribution is 7.89. The molecule has 6 heteroatoms. The first kappa shape index (κ1) is 11.4. The minimum atomic E-state index is -3.70. The van der Waals surface area contributed by atoms with Gasteiger partial charge in [-0.05, 0) is 24.6 Å². The Bertz CT molecular complexity index is 447. The van der Waals surface area contributed by atoms with Gasteiger partial charge in [-0.25, -0.2) is 17.9 Å². The smallest absolute Gasteiger partial charge is 0.215 e. The van der Waals surface area contributed by atoms with Crippen LogP contribution in [0.5, 0.6) is 0 Å². The van der Waals surface area contributed by atoms with Crippen LogP contribution in [-0.2, 0) is 10.0 Å². The first-order chi connectivity index (χ1) is 6.32. The van der Waals surface area contributed by atoms with Gasteiger partial charge in [-0.3, -0.25) is 0 Å². The van der Waals surface area contributed by atoms with Gasteiger partial charge in [-0.15, -0.1) is 0 Å². The Balaban J connectivity index is 3.16. The van der Waals surface area contributed by atoms with Crippen molar-refractivity contribution < 1.29 is 12.8 Å². The van der Waals surface area contributed by atoms with Crippen LogP contribution in [0.25, 0.3) is 0 Å². The molecule has 3 nitrogen and oxygen atoms in total. The van der Waals surface area contributed by atoms with E-state index in [1.54, 1.807) is 0 Å². The van der Waals surface area contributed by atoms with E-state index in [2.05, 4.69) is 0 Å². The second kappa shape index (κ2) is 3.84. The van der Waals surface area contributed by atoms with Crippen molar-refractivity contribution in [3.05, 3.63) is 34.6 Å². The van der Waals surface area contributed by atoms with Crippen molar-refractivity contribution in [3.63, 3.8) is 0 Å². The largest absolute Gasteiger partial charge is 0.228 e. The van der Waals surface area contributed by atoms with Crippen LogP contribution in [-0.4, -0.2) is 8.42 Å². The molecule has 78 valence electrons. The maximum absolute atomic E-state index is 13.0. The topological polar surface area (TPSA) is 60.2 Å². The first-order valence-electron chi connectivity index (χ1n) is 3.79. The van der Waals surface area contributed by atoms with Crippen molar-refractivity contribution in [1.29, 1.82) is 0 Å². The molecule has 0 heterocycles. The van der Waals surface area contributed by atoms with Crippen LogP contribution in [0.1, 0.15) is 17.7 Å². The standard InChI is InChI=1S/C8H9ClFNO2S/c1-5(14(11,12)13)6-2-3-7(9)8(10)4-6/h2-5H,1H3,(H2,11,12,13)/t5-/m1/s1. The van der Waals surface area contributed by atoms with Gasteiger partial charge >= 0.3 is 0 Å². The van der Waals surface area contributed by atoms with Crippen LogP contribution >= 0.6 is 11.6 Å². The highest BCUT2D eigenvalue weighted by Crippen LogP contribution is 2.23. The predicted octanol–water partition coefficient (Wildman–Crippen LogP) is 1.83. The van der Waals surface area contributed by atoms with Crippen LogP contribution in [0.15, 0.2) is 18.2 Å². The van der Waals surface area contributed by atoms with Crippen LogP contribution < -0.4 is 5.14 Å². The summed E-state index contributed by atoms with van der Waals surface area (Å²) in [4.78, 5) is 0. The summed E-state index contributed by atoms with van der Waals surface area (Å²) in [7, 11) is -3.70. The van der Waals surface area contributed by atoms with Gasteiger partial charge < -0.3 is 0 Å². The first-order valence-corrected chi connectivity index (χ1v) is 5.77. The zero-order valence-electron chi connectivity index (χ0n) is 7.37. The van der Waals surface area contributed by atoms with Gasteiger partial charge in [-0.1, -0.05) is 17.7 Å². The number of hydrogen-bond donors (Lipinski definition) is 1. The summed E-state index contributed by atoms with van der Waals surface area (Å²) >= 11 is 5.44. The van der Waals surface area contributed by atoms with E-state index in [0.29, 0.717) is 0 Å². The number of halogens is 2. The predicted molar refractivity (Wildman–Crippen MR) is 52.9 cm³/mol. The minimum Gasteiger partial charge on any atom is -0.228 e. The van der Waals surface area contributed by atoms with Crippen molar-refractivity contribution in [2.75, 3.05) is 0 Å². The highest BCUT2D eigenvalue weighted by atomic mass is 35.5. The number of rotatable bonds is 2. The van der Waals surface area contributed by atoms with Crippen molar-refractivity contribution in [2.24, 2.45) is 5.14 Å². The molecule has 0 saturated carbocycles. The summed E-state index contributed by atoms with van der Waals surface area (Å²) in [5, 5.41) is 3.93. The molecule has 0 amide bonds. The number of hydrogen-bond acceptors (Lipinski definition) is 2. The second-order valence-corrected chi connectivity index (χ2v) is 5.20. The number of sulfonamides is 1. The van der Waals surface area contributed by atoms with Gasteiger partial charge in [0.25, 0.3) is 0 Å². The van der Waals surface area contributed by atoms with E-state index < -0.39 is 21.1 Å². The van der Waals surface area contributed by atoms with Crippen LogP contribution in [0, 0.1) is 5.82 Å². The van der Waals surface area contributed by atoms with Crippen molar-refractivity contribution in [2.45, 2.75) is 12.2 Å². The Hall–Kier alpha value is -0.650. The molecule has 0 spiro atoms. The fourth-order valence-electron chi connectivity index (χ4n) is 0.955. The Kier molecular flexibility index (Phi) is 3.14. The molecule has 0 aromatic heterocycles. The van der Waals surface area contributed by atoms with Gasteiger partial charge in [0.2, 0.25) is 10.0 Å². The molecule has 0 unspecified atom stereocenters. The molecule has 0 fully saturated rings. The van der Waals surface area contributed by atoms with E-state index in [0.717, 1.165) is 6.07 Å². The van der Waals surface area contributed by atoms with Gasteiger partial charge in [0.1, 0.15) is 5.82 Å². The highest BCUT2D eigenvalue weighted by Gasteiger charge is 2.18. The summed E-state index contributed by atoms with van der Waals surface area (Å²) in [5.74, 6) is -0.653. The monoisotopic (exact) mass is 237 g/mol. The lowest BCUT2D eigenvalue weighted by atomic mass is 10.2. The van der Waals surface area contributed by atoms with E-state index in [4.69, 9.17) is 16.7 Å². The zero-order valence-corrected chi connectivity index (χ0v) is 8.94. The fraction of sp³-hybridized carbons (Fsp3) is 0.250. The van der Waals surface area contributed by atoms with E-state index >= 15 is 0 Å². The molecule has 0 saturated heterocycles. The molecule has 1 rings (SSSR count). The summed E-state index contributed by atoms with van der Waals surface area (Å²) in [6, 6.07) is 3.80. The van der Waals surface area contributed by atoms with Crippen LogP contribution in [0.3, 0.4) is 0 Å². The molecule has 0 aliphatic rings. The molecule has 0 aliphatic carbocycles. The number of primary sulfonamides is 1. The van der Waals surface area contributed by atoms with Crippen molar-refractivity contribution >= 4 is 21.6 Å². The average molecular weight is 238 g/mol. The maximum Gasteiger partial charge on any atom is 0.215 e. The van der Waals surface area contributed by atoms with E-state index in [1.165, 1.54) is 19.1 Å². The van der Waals surface area contributed by atoms with Crippen LogP contribution in [0.2, 0.25) is 5.02 Å². The average Bonchev–Trinajstić information content (AvgIpc) is 2.07. The summed E-state index contributed by atoms with van der Waals surface area (Å²) in [6.07, 6.45) is 0. The summed E-state index contributed by atoms with van der Waals surface area (Å²) < 4.78 is 34.9. The Morgan fingerprint density at radius 2 is 2.07 bits per heavy atom. The molecule has 0 radical (unpaired) electrons. The zero-order chi connectivity index (χ0) is 10.9. The quantitative estimate of drug-likeness (QED) is 0.853. The Morgan fingerprint density at radius 1 is 1.50 bits per heavy atom. The lowest BCUT2D eigenvalue weighted by Crippen LogP contribution is -2.19. The summed E-state index contributed by atoms with van der Waals surface area (Å²) in [5.41, 5.74) is 0.286. The van der Waals surface area contributed by atoms with E-state index in [9.17, 15) is 12.8 Å². The van der Waals surface area contributed by atoms with Crippen molar-refractivity contribution in [3.8, 4) is 0 Å². The van der Waals surface area contributed by atoms with Gasteiger partial charge in [0, 0.05) is 0 Å². The third-order valence-electron chi connectivity index (χ3n) is 1.91. The molecule has 14 heavy (non-hydrogen) atoms.